The van der Waals surface area contributed by atoms with Gasteiger partial charge < -0.3 is 9.88 Å². The van der Waals surface area contributed by atoms with E-state index in [2.05, 4.69) is 26.2 Å². The standard InChI is InChI=1S/C15H19N5S/c16-9-12-8-13(21-11-12)10-17-6-5-15-19-18-14-4-2-1-3-7-20(14)15/h8,11,17H,1-7,10H2. The molecule has 110 valence electrons. The highest BCUT2D eigenvalue weighted by Gasteiger charge is 2.13. The molecule has 0 fully saturated rings. The van der Waals surface area contributed by atoms with Crippen LogP contribution in [0, 0.1) is 11.3 Å². The van der Waals surface area contributed by atoms with E-state index < -0.39 is 0 Å². The van der Waals surface area contributed by atoms with Gasteiger partial charge in [-0.05, 0) is 18.9 Å². The molecule has 2 aromatic heterocycles. The fraction of sp³-hybridized carbons (Fsp3) is 0.533. The molecule has 0 unspecified atom stereocenters. The molecule has 0 atom stereocenters. The first-order chi connectivity index (χ1) is 10.4. The van der Waals surface area contributed by atoms with Crippen molar-refractivity contribution in [1.29, 1.82) is 5.26 Å². The van der Waals surface area contributed by atoms with Gasteiger partial charge in [0.15, 0.2) is 0 Å². The van der Waals surface area contributed by atoms with E-state index in [1.165, 1.54) is 24.1 Å². The Bertz CT molecular complexity index is 637. The fourth-order valence-corrected chi connectivity index (χ4v) is 3.45. The highest BCUT2D eigenvalue weighted by atomic mass is 32.1. The summed E-state index contributed by atoms with van der Waals surface area (Å²) in [7, 11) is 0. The maximum atomic E-state index is 8.80. The maximum Gasteiger partial charge on any atom is 0.134 e. The molecule has 0 saturated heterocycles. The van der Waals surface area contributed by atoms with Crippen LogP contribution >= 0.6 is 11.3 Å². The van der Waals surface area contributed by atoms with Gasteiger partial charge in [-0.25, -0.2) is 0 Å². The fourth-order valence-electron chi connectivity index (χ4n) is 2.67. The summed E-state index contributed by atoms with van der Waals surface area (Å²) < 4.78 is 2.30. The van der Waals surface area contributed by atoms with E-state index in [0.29, 0.717) is 0 Å². The summed E-state index contributed by atoms with van der Waals surface area (Å²) in [6, 6.07) is 4.11. The summed E-state index contributed by atoms with van der Waals surface area (Å²) in [4.78, 5) is 1.20. The Morgan fingerprint density at radius 3 is 3.14 bits per heavy atom. The number of hydrogen-bond donors (Lipinski definition) is 1. The summed E-state index contributed by atoms with van der Waals surface area (Å²) in [5, 5.41) is 22.8. The smallest absolute Gasteiger partial charge is 0.134 e. The van der Waals surface area contributed by atoms with E-state index in [1.54, 1.807) is 11.3 Å². The average molecular weight is 301 g/mol. The molecule has 0 amide bonds. The highest BCUT2D eigenvalue weighted by Crippen LogP contribution is 2.15. The van der Waals surface area contributed by atoms with Crippen molar-refractivity contribution in [3.63, 3.8) is 0 Å². The SMILES string of the molecule is N#Cc1csc(CNCCc2nnc3n2CCCCC3)c1. The lowest BCUT2D eigenvalue weighted by Gasteiger charge is -2.07. The molecule has 5 nitrogen and oxygen atoms in total. The van der Waals surface area contributed by atoms with Gasteiger partial charge in [-0.1, -0.05) is 6.42 Å². The predicted octanol–water partition coefficient (Wildman–Crippen LogP) is 2.27. The maximum absolute atomic E-state index is 8.80. The van der Waals surface area contributed by atoms with Crippen LogP contribution in [0.15, 0.2) is 11.4 Å². The zero-order valence-electron chi connectivity index (χ0n) is 12.0. The molecule has 3 heterocycles. The largest absolute Gasteiger partial charge is 0.315 e. The van der Waals surface area contributed by atoms with Crippen LogP contribution in [-0.4, -0.2) is 21.3 Å². The van der Waals surface area contributed by atoms with Crippen LogP contribution in [0.4, 0.5) is 0 Å². The van der Waals surface area contributed by atoms with E-state index in [9.17, 15) is 0 Å². The van der Waals surface area contributed by atoms with Crippen LogP contribution in [0.1, 0.15) is 41.4 Å². The van der Waals surface area contributed by atoms with Gasteiger partial charge in [-0.15, -0.1) is 21.5 Å². The van der Waals surface area contributed by atoms with Gasteiger partial charge in [0.25, 0.3) is 0 Å². The molecule has 0 spiro atoms. The molecule has 6 heteroatoms. The lowest BCUT2D eigenvalue weighted by Crippen LogP contribution is -2.18. The second-order valence-corrected chi connectivity index (χ2v) is 6.33. The van der Waals surface area contributed by atoms with Gasteiger partial charge in [0.2, 0.25) is 0 Å². The van der Waals surface area contributed by atoms with Crippen LogP contribution < -0.4 is 5.32 Å². The van der Waals surface area contributed by atoms with Crippen molar-refractivity contribution in [2.45, 2.75) is 45.2 Å². The number of aryl methyl sites for hydroxylation is 1. The van der Waals surface area contributed by atoms with Crippen LogP contribution in [0.5, 0.6) is 0 Å². The number of nitrogens with zero attached hydrogens (tertiary/aromatic N) is 4. The van der Waals surface area contributed by atoms with Crippen molar-refractivity contribution < 1.29 is 0 Å². The van der Waals surface area contributed by atoms with Gasteiger partial charge in [0, 0.05) is 42.7 Å². The Hall–Kier alpha value is -1.71. The normalized spacial score (nSPS) is 14.4. The number of nitriles is 1. The lowest BCUT2D eigenvalue weighted by atomic mass is 10.2. The van der Waals surface area contributed by atoms with Crippen molar-refractivity contribution in [2.24, 2.45) is 0 Å². The molecular formula is C15H19N5S. The monoisotopic (exact) mass is 301 g/mol. The molecule has 1 N–H and O–H groups in total. The number of fused-ring (bicyclic) bond motifs is 1. The molecule has 1 aliphatic rings. The topological polar surface area (TPSA) is 66.5 Å². The Kier molecular flexibility index (Phi) is 4.63. The third-order valence-electron chi connectivity index (χ3n) is 3.79. The van der Waals surface area contributed by atoms with E-state index in [1.807, 2.05) is 11.4 Å². The van der Waals surface area contributed by atoms with Crippen molar-refractivity contribution in [3.8, 4) is 6.07 Å². The Balaban J connectivity index is 1.49. The number of aromatic nitrogens is 3. The number of thiophene rings is 1. The molecule has 0 saturated carbocycles. The summed E-state index contributed by atoms with van der Waals surface area (Å²) in [6.07, 6.45) is 5.73. The molecule has 1 aliphatic heterocycles. The van der Waals surface area contributed by atoms with Crippen molar-refractivity contribution in [2.75, 3.05) is 6.54 Å². The first-order valence-corrected chi connectivity index (χ1v) is 8.34. The van der Waals surface area contributed by atoms with Gasteiger partial charge in [0.1, 0.15) is 17.7 Å². The molecule has 0 radical (unpaired) electrons. The third kappa shape index (κ3) is 3.49. The van der Waals surface area contributed by atoms with E-state index in [4.69, 9.17) is 5.26 Å². The minimum Gasteiger partial charge on any atom is -0.315 e. The van der Waals surface area contributed by atoms with E-state index >= 15 is 0 Å². The van der Waals surface area contributed by atoms with Crippen LogP contribution in [0.25, 0.3) is 0 Å². The first kappa shape index (κ1) is 14.2. The first-order valence-electron chi connectivity index (χ1n) is 7.46. The number of nitrogens with one attached hydrogen (secondary N) is 1. The van der Waals surface area contributed by atoms with Crippen LogP contribution in [0.2, 0.25) is 0 Å². The summed E-state index contributed by atoms with van der Waals surface area (Å²) >= 11 is 1.63. The van der Waals surface area contributed by atoms with Gasteiger partial charge in [0.05, 0.1) is 5.56 Å². The summed E-state index contributed by atoms with van der Waals surface area (Å²) in [5.41, 5.74) is 0.750. The molecule has 3 rings (SSSR count). The molecular weight excluding hydrogens is 282 g/mol. The summed E-state index contributed by atoms with van der Waals surface area (Å²) in [5.74, 6) is 2.25. The third-order valence-corrected chi connectivity index (χ3v) is 4.73. The quantitative estimate of drug-likeness (QED) is 0.860. The molecule has 0 bridgehead atoms. The van der Waals surface area contributed by atoms with Gasteiger partial charge in [-0.2, -0.15) is 5.26 Å². The van der Waals surface area contributed by atoms with Crippen LogP contribution in [-0.2, 0) is 25.9 Å². The zero-order valence-corrected chi connectivity index (χ0v) is 12.8. The molecule has 2 aromatic rings. The minimum atomic E-state index is 0.750. The molecule has 21 heavy (non-hydrogen) atoms. The Morgan fingerprint density at radius 1 is 1.33 bits per heavy atom. The lowest BCUT2D eigenvalue weighted by molar-refractivity contribution is 0.588. The second kappa shape index (κ2) is 6.83. The summed E-state index contributed by atoms with van der Waals surface area (Å²) in [6.45, 7) is 2.76. The van der Waals surface area contributed by atoms with Gasteiger partial charge >= 0.3 is 0 Å². The number of hydrogen-bond acceptors (Lipinski definition) is 5. The zero-order chi connectivity index (χ0) is 14.5. The van der Waals surface area contributed by atoms with Gasteiger partial charge in [-0.3, -0.25) is 0 Å². The van der Waals surface area contributed by atoms with E-state index in [0.717, 1.165) is 49.7 Å². The van der Waals surface area contributed by atoms with Crippen molar-refractivity contribution in [1.82, 2.24) is 20.1 Å². The Morgan fingerprint density at radius 2 is 2.29 bits per heavy atom. The number of rotatable bonds is 5. The highest BCUT2D eigenvalue weighted by molar-refractivity contribution is 7.10. The molecule has 0 aromatic carbocycles. The second-order valence-electron chi connectivity index (χ2n) is 5.34. The molecule has 0 aliphatic carbocycles. The van der Waals surface area contributed by atoms with Crippen molar-refractivity contribution in [3.05, 3.63) is 33.5 Å². The Labute approximate surface area is 128 Å². The predicted molar refractivity (Wildman–Crippen MR) is 82.0 cm³/mol. The average Bonchev–Trinajstić information content (AvgIpc) is 3.04. The van der Waals surface area contributed by atoms with E-state index in [-0.39, 0.29) is 0 Å². The minimum absolute atomic E-state index is 0.750. The van der Waals surface area contributed by atoms with Crippen LogP contribution in [0.3, 0.4) is 0 Å². The van der Waals surface area contributed by atoms with Crippen molar-refractivity contribution >= 4 is 11.3 Å².